The molecule has 6 heteroatoms. The predicted octanol–water partition coefficient (Wildman–Crippen LogP) is 2.24. The Kier molecular flexibility index (Phi) is 6.59. The van der Waals surface area contributed by atoms with Gasteiger partial charge in [-0.1, -0.05) is 24.6 Å². The van der Waals surface area contributed by atoms with Gasteiger partial charge in [-0.3, -0.25) is 4.79 Å². The third-order valence-electron chi connectivity index (χ3n) is 3.62. The first-order valence-corrected chi connectivity index (χ1v) is 6.80. The van der Waals surface area contributed by atoms with Gasteiger partial charge in [-0.15, -0.1) is 12.4 Å². The third-order valence-corrected chi connectivity index (χ3v) is 3.91. The van der Waals surface area contributed by atoms with Gasteiger partial charge in [0.25, 0.3) is 0 Å². The van der Waals surface area contributed by atoms with Crippen LogP contribution in [0.15, 0.2) is 18.2 Å². The molecule has 0 radical (unpaired) electrons. The van der Waals surface area contributed by atoms with Crippen LogP contribution in [0.1, 0.15) is 12.5 Å². The van der Waals surface area contributed by atoms with E-state index in [1.54, 1.807) is 7.11 Å². The van der Waals surface area contributed by atoms with Gasteiger partial charge in [0, 0.05) is 12.5 Å². The van der Waals surface area contributed by atoms with Gasteiger partial charge in [-0.2, -0.15) is 0 Å². The first-order chi connectivity index (χ1) is 9.11. The molecule has 1 aromatic carbocycles. The van der Waals surface area contributed by atoms with Gasteiger partial charge in [0.05, 0.1) is 12.1 Å². The van der Waals surface area contributed by atoms with Crippen LogP contribution in [0.3, 0.4) is 0 Å². The molecule has 1 unspecified atom stereocenters. The van der Waals surface area contributed by atoms with Crippen molar-refractivity contribution in [2.75, 3.05) is 20.2 Å². The van der Waals surface area contributed by atoms with Crippen LogP contribution in [-0.2, 0) is 11.3 Å². The number of benzene rings is 1. The van der Waals surface area contributed by atoms with Gasteiger partial charge in [0.1, 0.15) is 5.75 Å². The van der Waals surface area contributed by atoms with Crippen LogP contribution in [-0.4, -0.2) is 26.1 Å². The Balaban J connectivity index is 0.00000200. The molecule has 1 fully saturated rings. The van der Waals surface area contributed by atoms with E-state index >= 15 is 0 Å². The topological polar surface area (TPSA) is 50.4 Å². The molecule has 1 aliphatic rings. The van der Waals surface area contributed by atoms with Crippen LogP contribution in [0.5, 0.6) is 5.75 Å². The number of rotatable bonds is 5. The van der Waals surface area contributed by atoms with Gasteiger partial charge in [0.15, 0.2) is 0 Å². The summed E-state index contributed by atoms with van der Waals surface area (Å²) in [5.74, 6) is 1.25. The number of carbonyl (C=O) groups is 1. The van der Waals surface area contributed by atoms with Crippen molar-refractivity contribution in [1.29, 1.82) is 0 Å². The lowest BCUT2D eigenvalue weighted by atomic mass is 9.88. The number of carbonyl (C=O) groups excluding carboxylic acids is 1. The number of nitrogens with one attached hydrogen (secondary N) is 2. The highest BCUT2D eigenvalue weighted by atomic mass is 35.5. The number of hydrogen-bond acceptors (Lipinski definition) is 3. The van der Waals surface area contributed by atoms with E-state index in [0.29, 0.717) is 23.2 Å². The Morgan fingerprint density at radius 3 is 2.75 bits per heavy atom. The number of hydrogen-bond donors (Lipinski definition) is 2. The van der Waals surface area contributed by atoms with E-state index in [4.69, 9.17) is 16.3 Å². The minimum atomic E-state index is 0. The smallest absolute Gasteiger partial charge is 0.223 e. The highest BCUT2D eigenvalue weighted by molar-refractivity contribution is 6.32. The van der Waals surface area contributed by atoms with Crippen molar-refractivity contribution in [2.24, 2.45) is 11.8 Å². The summed E-state index contributed by atoms with van der Waals surface area (Å²) >= 11 is 6.04. The minimum Gasteiger partial charge on any atom is -0.495 e. The second-order valence-electron chi connectivity index (χ2n) is 4.89. The van der Waals surface area contributed by atoms with E-state index in [-0.39, 0.29) is 24.2 Å². The molecule has 112 valence electrons. The summed E-state index contributed by atoms with van der Waals surface area (Å²) in [6, 6.07) is 5.53. The van der Waals surface area contributed by atoms with Crippen molar-refractivity contribution in [3.63, 3.8) is 0 Å². The Bertz CT molecular complexity index is 464. The third kappa shape index (κ3) is 4.01. The van der Waals surface area contributed by atoms with Crippen molar-refractivity contribution in [3.8, 4) is 5.75 Å². The molecule has 20 heavy (non-hydrogen) atoms. The van der Waals surface area contributed by atoms with Gasteiger partial charge in [-0.05, 0) is 36.7 Å². The minimum absolute atomic E-state index is 0. The van der Waals surface area contributed by atoms with Crippen LogP contribution in [0.25, 0.3) is 0 Å². The number of halogens is 2. The van der Waals surface area contributed by atoms with Crippen molar-refractivity contribution in [2.45, 2.75) is 13.5 Å². The normalized spacial score (nSPS) is 15.8. The first kappa shape index (κ1) is 17.1. The fourth-order valence-corrected chi connectivity index (χ4v) is 2.33. The van der Waals surface area contributed by atoms with E-state index in [1.165, 1.54) is 0 Å². The Hall–Kier alpha value is -0.970. The summed E-state index contributed by atoms with van der Waals surface area (Å²) in [6.07, 6.45) is 0. The Labute approximate surface area is 130 Å². The quantitative estimate of drug-likeness (QED) is 0.875. The van der Waals surface area contributed by atoms with Gasteiger partial charge < -0.3 is 15.4 Å². The van der Waals surface area contributed by atoms with E-state index in [9.17, 15) is 4.79 Å². The average molecular weight is 319 g/mol. The highest BCUT2D eigenvalue weighted by Gasteiger charge is 2.28. The Morgan fingerprint density at radius 2 is 2.25 bits per heavy atom. The second kappa shape index (κ2) is 7.72. The summed E-state index contributed by atoms with van der Waals surface area (Å²) in [5, 5.41) is 6.69. The molecule has 0 aromatic heterocycles. The zero-order valence-corrected chi connectivity index (χ0v) is 13.2. The van der Waals surface area contributed by atoms with Crippen molar-refractivity contribution in [3.05, 3.63) is 28.8 Å². The molecule has 0 spiro atoms. The molecule has 2 N–H and O–H groups in total. The van der Waals surface area contributed by atoms with Crippen LogP contribution >= 0.6 is 24.0 Å². The SMILES string of the molecule is COc1ccc(CNC(=O)C(C)C2CNC2)cc1Cl.Cl. The molecule has 1 atom stereocenters. The largest absolute Gasteiger partial charge is 0.495 e. The molecule has 4 nitrogen and oxygen atoms in total. The molecule has 1 heterocycles. The van der Waals surface area contributed by atoms with Crippen LogP contribution in [0.4, 0.5) is 0 Å². The van der Waals surface area contributed by atoms with Crippen LogP contribution in [0.2, 0.25) is 5.02 Å². The van der Waals surface area contributed by atoms with E-state index < -0.39 is 0 Å². The molecular weight excluding hydrogens is 299 g/mol. The number of ether oxygens (including phenoxy) is 1. The summed E-state index contributed by atoms with van der Waals surface area (Å²) in [4.78, 5) is 12.0. The maximum Gasteiger partial charge on any atom is 0.223 e. The van der Waals surface area contributed by atoms with E-state index in [1.807, 2.05) is 25.1 Å². The first-order valence-electron chi connectivity index (χ1n) is 6.42. The van der Waals surface area contributed by atoms with Gasteiger partial charge >= 0.3 is 0 Å². The van der Waals surface area contributed by atoms with E-state index in [2.05, 4.69) is 10.6 Å². The summed E-state index contributed by atoms with van der Waals surface area (Å²) in [7, 11) is 1.58. The average Bonchev–Trinajstić information content (AvgIpc) is 2.34. The van der Waals surface area contributed by atoms with Crippen LogP contribution in [0, 0.1) is 11.8 Å². The zero-order valence-electron chi connectivity index (χ0n) is 11.6. The van der Waals surface area contributed by atoms with Gasteiger partial charge in [-0.25, -0.2) is 0 Å². The Morgan fingerprint density at radius 1 is 1.55 bits per heavy atom. The van der Waals surface area contributed by atoms with Crippen molar-refractivity contribution < 1.29 is 9.53 Å². The molecule has 1 amide bonds. The predicted molar refractivity (Wildman–Crippen MR) is 82.6 cm³/mol. The lowest BCUT2D eigenvalue weighted by Gasteiger charge is -2.31. The molecule has 0 bridgehead atoms. The van der Waals surface area contributed by atoms with Crippen LogP contribution < -0.4 is 15.4 Å². The fraction of sp³-hybridized carbons (Fsp3) is 0.500. The lowest BCUT2D eigenvalue weighted by molar-refractivity contribution is -0.126. The fourth-order valence-electron chi connectivity index (χ4n) is 2.05. The summed E-state index contributed by atoms with van der Waals surface area (Å²) < 4.78 is 5.09. The van der Waals surface area contributed by atoms with Crippen molar-refractivity contribution >= 4 is 29.9 Å². The number of amides is 1. The maximum atomic E-state index is 12.0. The zero-order chi connectivity index (χ0) is 13.8. The van der Waals surface area contributed by atoms with Crippen molar-refractivity contribution in [1.82, 2.24) is 10.6 Å². The molecule has 1 aromatic rings. The standard InChI is InChI=1S/C14H19ClN2O2.ClH/c1-9(11-7-16-8-11)14(18)17-6-10-3-4-13(19-2)12(15)5-10;/h3-5,9,11,16H,6-8H2,1-2H3,(H,17,18);1H. The van der Waals surface area contributed by atoms with E-state index in [0.717, 1.165) is 18.7 Å². The molecule has 2 rings (SSSR count). The molecule has 1 saturated heterocycles. The molecule has 1 aliphatic heterocycles. The highest BCUT2D eigenvalue weighted by Crippen LogP contribution is 2.25. The van der Waals surface area contributed by atoms with Gasteiger partial charge in [0.2, 0.25) is 5.91 Å². The number of methoxy groups -OCH3 is 1. The summed E-state index contributed by atoms with van der Waals surface area (Å²) in [6.45, 7) is 4.33. The maximum absolute atomic E-state index is 12.0. The summed E-state index contributed by atoms with van der Waals surface area (Å²) in [5.41, 5.74) is 0.970. The molecule has 0 saturated carbocycles. The lowest BCUT2D eigenvalue weighted by Crippen LogP contribution is -2.49. The second-order valence-corrected chi connectivity index (χ2v) is 5.30. The molecule has 0 aliphatic carbocycles. The molecular formula is C14H20Cl2N2O2. The monoisotopic (exact) mass is 318 g/mol.